The van der Waals surface area contributed by atoms with Gasteiger partial charge in [0.25, 0.3) is 5.91 Å². The van der Waals surface area contributed by atoms with Crippen LogP contribution in [-0.4, -0.2) is 34.8 Å². The van der Waals surface area contributed by atoms with Crippen LogP contribution in [0.1, 0.15) is 22.5 Å². The summed E-state index contributed by atoms with van der Waals surface area (Å²) in [5.41, 5.74) is 0.823. The molecular formula is C18H16ClN3O2S3. The van der Waals surface area contributed by atoms with Crippen LogP contribution in [0.3, 0.4) is 0 Å². The number of nitrogens with zero attached hydrogens (tertiary/aromatic N) is 2. The van der Waals surface area contributed by atoms with E-state index < -0.39 is 0 Å². The predicted octanol–water partition coefficient (Wildman–Crippen LogP) is 5.08. The summed E-state index contributed by atoms with van der Waals surface area (Å²) < 4.78 is 0.715. The van der Waals surface area contributed by atoms with E-state index in [-0.39, 0.29) is 17.7 Å². The van der Waals surface area contributed by atoms with Crippen molar-refractivity contribution in [2.24, 2.45) is 5.92 Å². The number of aromatic nitrogens is 1. The molecule has 0 spiro atoms. The quantitative estimate of drug-likeness (QED) is 0.619. The average Bonchev–Trinajstić information content (AvgIpc) is 3.43. The number of piperidine rings is 1. The molecule has 3 aromatic rings. The van der Waals surface area contributed by atoms with Crippen LogP contribution < -0.4 is 5.32 Å². The van der Waals surface area contributed by atoms with E-state index in [0.717, 1.165) is 15.4 Å². The molecule has 1 aliphatic heterocycles. The number of anilines is 1. The van der Waals surface area contributed by atoms with Crippen molar-refractivity contribution in [3.05, 3.63) is 44.2 Å². The van der Waals surface area contributed by atoms with Crippen LogP contribution in [0.4, 0.5) is 5.13 Å². The molecule has 0 atom stereocenters. The molecule has 1 N–H and O–H groups in total. The van der Waals surface area contributed by atoms with E-state index in [4.69, 9.17) is 11.6 Å². The lowest BCUT2D eigenvalue weighted by Crippen LogP contribution is -2.41. The van der Waals surface area contributed by atoms with Crippen molar-refractivity contribution in [2.45, 2.75) is 12.8 Å². The van der Waals surface area contributed by atoms with Crippen LogP contribution in [0, 0.1) is 5.92 Å². The van der Waals surface area contributed by atoms with Crippen molar-refractivity contribution in [3.63, 3.8) is 0 Å². The maximum atomic E-state index is 12.6. The van der Waals surface area contributed by atoms with Gasteiger partial charge in [-0.2, -0.15) is 0 Å². The number of rotatable bonds is 4. The fourth-order valence-electron chi connectivity index (χ4n) is 3.00. The van der Waals surface area contributed by atoms with Gasteiger partial charge in [-0.3, -0.25) is 9.59 Å². The smallest absolute Gasteiger partial charge is 0.263 e. The molecule has 5 nitrogen and oxygen atoms in total. The standard InChI is InChI=1S/C18H16ClN3O2S3/c19-15-4-3-13(27-15)12-10-26-18(20-12)21-16(23)11-5-7-22(8-6-11)17(24)14-2-1-9-25-14/h1-4,9-11H,5-8H2,(H,20,21,23). The molecule has 1 aliphatic rings. The van der Waals surface area contributed by atoms with Crippen LogP contribution in [0.25, 0.3) is 10.6 Å². The molecule has 0 unspecified atom stereocenters. The fraction of sp³-hybridized carbons (Fsp3) is 0.278. The van der Waals surface area contributed by atoms with Gasteiger partial charge in [0, 0.05) is 24.4 Å². The zero-order valence-corrected chi connectivity index (χ0v) is 17.4. The number of likely N-dealkylation sites (tertiary alicyclic amines) is 1. The lowest BCUT2D eigenvalue weighted by molar-refractivity contribution is -0.121. The maximum absolute atomic E-state index is 12.6. The number of carbonyl (C=O) groups excluding carboxylic acids is 2. The minimum Gasteiger partial charge on any atom is -0.338 e. The molecule has 27 heavy (non-hydrogen) atoms. The molecule has 0 saturated carbocycles. The minimum absolute atomic E-state index is 0.0247. The Balaban J connectivity index is 1.32. The maximum Gasteiger partial charge on any atom is 0.263 e. The summed E-state index contributed by atoms with van der Waals surface area (Å²) >= 11 is 10.3. The normalized spacial score (nSPS) is 15.1. The van der Waals surface area contributed by atoms with Gasteiger partial charge >= 0.3 is 0 Å². The van der Waals surface area contributed by atoms with Crippen LogP contribution in [0.15, 0.2) is 35.0 Å². The molecular weight excluding hydrogens is 422 g/mol. The summed E-state index contributed by atoms with van der Waals surface area (Å²) in [5, 5.41) is 7.33. The number of amides is 2. The van der Waals surface area contributed by atoms with Gasteiger partial charge in [0.1, 0.15) is 0 Å². The molecule has 2 amide bonds. The van der Waals surface area contributed by atoms with Crippen molar-refractivity contribution in [2.75, 3.05) is 18.4 Å². The Hall–Kier alpha value is -1.74. The monoisotopic (exact) mass is 437 g/mol. The van der Waals surface area contributed by atoms with Crippen molar-refractivity contribution < 1.29 is 9.59 Å². The average molecular weight is 438 g/mol. The third-order valence-corrected chi connectivity index (χ3v) is 7.31. The molecule has 4 heterocycles. The van der Waals surface area contributed by atoms with E-state index in [0.29, 0.717) is 35.4 Å². The zero-order chi connectivity index (χ0) is 18.8. The lowest BCUT2D eigenvalue weighted by atomic mass is 9.96. The predicted molar refractivity (Wildman–Crippen MR) is 112 cm³/mol. The number of carbonyl (C=O) groups is 2. The molecule has 0 radical (unpaired) electrons. The number of nitrogens with one attached hydrogen (secondary N) is 1. The molecule has 1 saturated heterocycles. The van der Waals surface area contributed by atoms with E-state index in [1.165, 1.54) is 34.0 Å². The third-order valence-electron chi connectivity index (χ3n) is 4.44. The Morgan fingerprint density at radius 1 is 1.19 bits per heavy atom. The van der Waals surface area contributed by atoms with Crippen LogP contribution in [-0.2, 0) is 4.79 Å². The summed E-state index contributed by atoms with van der Waals surface area (Å²) in [6, 6.07) is 7.48. The van der Waals surface area contributed by atoms with Gasteiger partial charge in [0.05, 0.1) is 19.8 Å². The SMILES string of the molecule is O=C(Nc1nc(-c2ccc(Cl)s2)cs1)C1CCN(C(=O)c2cccs2)CC1. The highest BCUT2D eigenvalue weighted by atomic mass is 35.5. The van der Waals surface area contributed by atoms with E-state index >= 15 is 0 Å². The van der Waals surface area contributed by atoms with Gasteiger partial charge < -0.3 is 10.2 Å². The Morgan fingerprint density at radius 2 is 2.00 bits per heavy atom. The highest BCUT2D eigenvalue weighted by Gasteiger charge is 2.28. The number of hydrogen-bond acceptors (Lipinski definition) is 6. The summed E-state index contributed by atoms with van der Waals surface area (Å²) in [5.74, 6) is -0.0627. The van der Waals surface area contributed by atoms with E-state index in [1.54, 1.807) is 0 Å². The van der Waals surface area contributed by atoms with Gasteiger partial charge in [-0.15, -0.1) is 34.0 Å². The molecule has 0 aliphatic carbocycles. The molecule has 3 aromatic heterocycles. The summed E-state index contributed by atoms with van der Waals surface area (Å²) in [7, 11) is 0. The first kappa shape index (κ1) is 18.6. The number of thiazole rings is 1. The van der Waals surface area contributed by atoms with Crippen molar-refractivity contribution >= 4 is 62.6 Å². The molecule has 0 bridgehead atoms. The summed E-state index contributed by atoms with van der Waals surface area (Å²) in [6.45, 7) is 1.21. The van der Waals surface area contributed by atoms with Crippen molar-refractivity contribution in [1.29, 1.82) is 0 Å². The van der Waals surface area contributed by atoms with Crippen LogP contribution in [0.2, 0.25) is 4.34 Å². The van der Waals surface area contributed by atoms with Gasteiger partial charge in [0.2, 0.25) is 5.91 Å². The Labute approximate surface area is 173 Å². The summed E-state index contributed by atoms with van der Waals surface area (Å²) in [4.78, 5) is 33.0. The second kappa shape index (κ2) is 8.10. The first-order valence-electron chi connectivity index (χ1n) is 8.45. The first-order chi connectivity index (χ1) is 13.1. The zero-order valence-electron chi connectivity index (χ0n) is 14.2. The Bertz CT molecular complexity index is 943. The first-order valence-corrected chi connectivity index (χ1v) is 11.4. The van der Waals surface area contributed by atoms with Gasteiger partial charge in [-0.25, -0.2) is 4.98 Å². The lowest BCUT2D eigenvalue weighted by Gasteiger charge is -2.30. The highest BCUT2D eigenvalue weighted by Crippen LogP contribution is 2.33. The number of halogens is 1. The Kier molecular flexibility index (Phi) is 5.58. The van der Waals surface area contributed by atoms with Crippen LogP contribution >= 0.6 is 45.6 Å². The third kappa shape index (κ3) is 4.24. The van der Waals surface area contributed by atoms with Crippen LogP contribution in [0.5, 0.6) is 0 Å². The van der Waals surface area contributed by atoms with E-state index in [9.17, 15) is 9.59 Å². The van der Waals surface area contributed by atoms with E-state index in [1.807, 2.05) is 39.9 Å². The Morgan fingerprint density at radius 3 is 2.67 bits per heavy atom. The number of hydrogen-bond donors (Lipinski definition) is 1. The molecule has 4 rings (SSSR count). The van der Waals surface area contributed by atoms with Crippen molar-refractivity contribution in [1.82, 2.24) is 9.88 Å². The van der Waals surface area contributed by atoms with Gasteiger partial charge in [0.15, 0.2) is 5.13 Å². The largest absolute Gasteiger partial charge is 0.338 e. The van der Waals surface area contributed by atoms with Gasteiger partial charge in [-0.1, -0.05) is 17.7 Å². The number of thiophene rings is 2. The second-order valence-electron chi connectivity index (χ2n) is 6.17. The second-order valence-corrected chi connectivity index (χ2v) is 9.70. The topological polar surface area (TPSA) is 62.3 Å². The van der Waals surface area contributed by atoms with E-state index in [2.05, 4.69) is 10.3 Å². The molecule has 140 valence electrons. The fourth-order valence-corrected chi connectivity index (χ4v) is 5.49. The summed E-state index contributed by atoms with van der Waals surface area (Å²) in [6.07, 6.45) is 1.34. The van der Waals surface area contributed by atoms with Crippen molar-refractivity contribution in [3.8, 4) is 10.6 Å². The minimum atomic E-state index is -0.0964. The molecule has 0 aromatic carbocycles. The molecule has 1 fully saturated rings. The molecule has 9 heteroatoms. The van der Waals surface area contributed by atoms with Gasteiger partial charge in [-0.05, 0) is 36.4 Å². The highest BCUT2D eigenvalue weighted by molar-refractivity contribution is 7.20.